The molecule has 3 rings (SSSR count). The molecule has 2 aromatic carbocycles. The lowest BCUT2D eigenvalue weighted by Gasteiger charge is -2.39. The first-order chi connectivity index (χ1) is 16.3. The van der Waals surface area contributed by atoms with E-state index in [0.717, 1.165) is 12.1 Å². The van der Waals surface area contributed by atoms with Crippen LogP contribution in [0, 0.1) is 0 Å². The summed E-state index contributed by atoms with van der Waals surface area (Å²) in [7, 11) is -3.78. The molecule has 1 fully saturated rings. The number of rotatable bonds is 7. The van der Waals surface area contributed by atoms with Crippen molar-refractivity contribution in [1.82, 2.24) is 14.9 Å². The van der Waals surface area contributed by atoms with Crippen LogP contribution in [-0.4, -0.2) is 43.2 Å². The summed E-state index contributed by atoms with van der Waals surface area (Å²) in [6.45, 7) is 5.76. The Labute approximate surface area is 202 Å². The van der Waals surface area contributed by atoms with Crippen molar-refractivity contribution in [1.29, 1.82) is 0 Å². The number of halogens is 3. The van der Waals surface area contributed by atoms with Gasteiger partial charge < -0.3 is 10.6 Å². The number of carbonyl (C=O) groups excluding carboxylic acids is 2. The Morgan fingerprint density at radius 2 is 1.63 bits per heavy atom. The van der Waals surface area contributed by atoms with E-state index in [4.69, 9.17) is 0 Å². The summed E-state index contributed by atoms with van der Waals surface area (Å²) < 4.78 is 65.3. The fourth-order valence-corrected chi connectivity index (χ4v) is 5.16. The molecule has 0 atom stereocenters. The number of sulfonamides is 1. The fourth-order valence-electron chi connectivity index (χ4n) is 3.72. The SMILES string of the molecule is C=CC(=O)NC1(C)CCN(S(=O)(=O)c2ccc(C(=O)NCc3ccc(C(F)(F)F)cc3)cc2)CC1. The molecular formula is C24H26F3N3O4S. The normalized spacial score (nSPS) is 16.3. The Morgan fingerprint density at radius 3 is 2.14 bits per heavy atom. The second-order valence-electron chi connectivity index (χ2n) is 8.56. The summed E-state index contributed by atoms with van der Waals surface area (Å²) in [5.74, 6) is -0.795. The molecule has 0 saturated carbocycles. The van der Waals surface area contributed by atoms with Crippen LogP contribution >= 0.6 is 0 Å². The van der Waals surface area contributed by atoms with Gasteiger partial charge in [-0.05, 0) is 67.8 Å². The molecule has 1 saturated heterocycles. The number of alkyl halides is 3. The lowest BCUT2D eigenvalue weighted by atomic mass is 9.90. The molecule has 0 spiro atoms. The zero-order valence-corrected chi connectivity index (χ0v) is 19.9. The van der Waals surface area contributed by atoms with E-state index in [-0.39, 0.29) is 36.0 Å². The minimum absolute atomic E-state index is 0.0198. The second kappa shape index (κ2) is 10.2. The number of benzene rings is 2. The quantitative estimate of drug-likeness (QED) is 0.559. The average molecular weight is 510 g/mol. The van der Waals surface area contributed by atoms with Gasteiger partial charge in [-0.1, -0.05) is 18.7 Å². The number of nitrogens with one attached hydrogen (secondary N) is 2. The lowest BCUT2D eigenvalue weighted by Crippen LogP contribution is -2.53. The van der Waals surface area contributed by atoms with E-state index in [0.29, 0.717) is 18.4 Å². The number of piperidine rings is 1. The average Bonchev–Trinajstić information content (AvgIpc) is 2.82. The van der Waals surface area contributed by atoms with Gasteiger partial charge in [-0.3, -0.25) is 9.59 Å². The predicted octanol–water partition coefficient (Wildman–Crippen LogP) is 3.48. The molecular weight excluding hydrogens is 483 g/mol. The van der Waals surface area contributed by atoms with Gasteiger partial charge in [0, 0.05) is 30.7 Å². The number of hydrogen-bond donors (Lipinski definition) is 2. The van der Waals surface area contributed by atoms with Gasteiger partial charge in [-0.25, -0.2) is 8.42 Å². The lowest BCUT2D eigenvalue weighted by molar-refractivity contribution is -0.137. The van der Waals surface area contributed by atoms with E-state index in [2.05, 4.69) is 17.2 Å². The van der Waals surface area contributed by atoms with Gasteiger partial charge in [0.15, 0.2) is 0 Å². The predicted molar refractivity (Wildman–Crippen MR) is 124 cm³/mol. The minimum Gasteiger partial charge on any atom is -0.348 e. The number of nitrogens with zero attached hydrogens (tertiary/aromatic N) is 1. The molecule has 2 N–H and O–H groups in total. The van der Waals surface area contributed by atoms with Gasteiger partial charge >= 0.3 is 6.18 Å². The molecule has 0 radical (unpaired) electrons. The molecule has 2 aromatic rings. The summed E-state index contributed by atoms with van der Waals surface area (Å²) in [5.41, 5.74) is -0.586. The molecule has 0 bridgehead atoms. The van der Waals surface area contributed by atoms with Crippen LogP contribution in [0.25, 0.3) is 0 Å². The van der Waals surface area contributed by atoms with Gasteiger partial charge in [0.1, 0.15) is 0 Å². The van der Waals surface area contributed by atoms with Crippen LogP contribution in [0.1, 0.15) is 41.3 Å². The van der Waals surface area contributed by atoms with Crippen molar-refractivity contribution in [3.8, 4) is 0 Å². The molecule has 11 heteroatoms. The van der Waals surface area contributed by atoms with Crippen LogP contribution in [0.2, 0.25) is 0 Å². The van der Waals surface area contributed by atoms with Crippen molar-refractivity contribution in [3.05, 3.63) is 77.9 Å². The monoisotopic (exact) mass is 509 g/mol. The molecule has 7 nitrogen and oxygen atoms in total. The van der Waals surface area contributed by atoms with Gasteiger partial charge in [-0.15, -0.1) is 0 Å². The minimum atomic E-state index is -4.43. The van der Waals surface area contributed by atoms with E-state index in [1.54, 1.807) is 0 Å². The molecule has 0 aromatic heterocycles. The highest BCUT2D eigenvalue weighted by atomic mass is 32.2. The molecule has 1 aliphatic rings. The third-order valence-electron chi connectivity index (χ3n) is 5.92. The van der Waals surface area contributed by atoms with Crippen molar-refractivity contribution >= 4 is 21.8 Å². The Balaban J connectivity index is 1.59. The maximum atomic E-state index is 13.0. The van der Waals surface area contributed by atoms with Gasteiger partial charge in [0.05, 0.1) is 10.5 Å². The van der Waals surface area contributed by atoms with Crippen LogP contribution in [-0.2, 0) is 27.5 Å². The largest absolute Gasteiger partial charge is 0.416 e. The third-order valence-corrected chi connectivity index (χ3v) is 7.84. The van der Waals surface area contributed by atoms with Crippen molar-refractivity contribution < 1.29 is 31.2 Å². The number of hydrogen-bond acceptors (Lipinski definition) is 4. The van der Waals surface area contributed by atoms with E-state index < -0.39 is 33.2 Å². The zero-order chi connectivity index (χ0) is 25.9. The summed E-state index contributed by atoms with van der Waals surface area (Å²) in [5, 5.41) is 5.44. The Hall–Kier alpha value is -3.18. The first-order valence-corrected chi connectivity index (χ1v) is 12.3. The fraction of sp³-hybridized carbons (Fsp3) is 0.333. The standard InChI is InChI=1S/C24H26F3N3O4S/c1-3-21(31)29-23(2)12-14-30(15-13-23)35(33,34)20-10-6-18(7-11-20)22(32)28-16-17-4-8-19(9-5-17)24(25,26)27/h3-11H,1,12-16H2,2H3,(H,28,32)(H,29,31). The third kappa shape index (κ3) is 6.49. The Morgan fingerprint density at radius 1 is 1.06 bits per heavy atom. The van der Waals surface area contributed by atoms with E-state index in [9.17, 15) is 31.2 Å². The van der Waals surface area contributed by atoms with Crippen LogP contribution in [0.5, 0.6) is 0 Å². The topological polar surface area (TPSA) is 95.6 Å². The molecule has 0 unspecified atom stereocenters. The summed E-state index contributed by atoms with van der Waals surface area (Å²) >= 11 is 0. The number of amides is 2. The second-order valence-corrected chi connectivity index (χ2v) is 10.5. The van der Waals surface area contributed by atoms with E-state index in [1.165, 1.54) is 46.8 Å². The Bertz CT molecular complexity index is 1190. The highest BCUT2D eigenvalue weighted by Crippen LogP contribution is 2.29. The summed E-state index contributed by atoms with van der Waals surface area (Å²) in [6, 6.07) is 9.90. The van der Waals surface area contributed by atoms with Crippen LogP contribution < -0.4 is 10.6 Å². The Kier molecular flexibility index (Phi) is 7.71. The van der Waals surface area contributed by atoms with Crippen LogP contribution in [0.3, 0.4) is 0 Å². The summed E-state index contributed by atoms with van der Waals surface area (Å²) in [6.07, 6.45) is -2.37. The van der Waals surface area contributed by atoms with E-state index >= 15 is 0 Å². The zero-order valence-electron chi connectivity index (χ0n) is 19.1. The number of carbonyl (C=O) groups is 2. The first-order valence-electron chi connectivity index (χ1n) is 10.8. The van der Waals surface area contributed by atoms with E-state index in [1.807, 2.05) is 6.92 Å². The molecule has 35 heavy (non-hydrogen) atoms. The van der Waals surface area contributed by atoms with Gasteiger partial charge in [0.25, 0.3) is 5.91 Å². The van der Waals surface area contributed by atoms with Gasteiger partial charge in [0.2, 0.25) is 15.9 Å². The maximum absolute atomic E-state index is 13.0. The molecule has 188 valence electrons. The molecule has 1 heterocycles. The van der Waals surface area contributed by atoms with Crippen molar-refractivity contribution in [3.63, 3.8) is 0 Å². The van der Waals surface area contributed by atoms with Crippen molar-refractivity contribution in [2.75, 3.05) is 13.1 Å². The highest BCUT2D eigenvalue weighted by molar-refractivity contribution is 7.89. The molecule has 1 aliphatic heterocycles. The van der Waals surface area contributed by atoms with Crippen molar-refractivity contribution in [2.45, 2.75) is 42.9 Å². The smallest absolute Gasteiger partial charge is 0.348 e. The van der Waals surface area contributed by atoms with Crippen LogP contribution in [0.15, 0.2) is 66.1 Å². The maximum Gasteiger partial charge on any atom is 0.416 e. The molecule has 0 aliphatic carbocycles. The van der Waals surface area contributed by atoms with Gasteiger partial charge in [-0.2, -0.15) is 17.5 Å². The van der Waals surface area contributed by atoms with Crippen LogP contribution in [0.4, 0.5) is 13.2 Å². The van der Waals surface area contributed by atoms with Crippen molar-refractivity contribution in [2.24, 2.45) is 0 Å². The summed E-state index contributed by atoms with van der Waals surface area (Å²) in [4.78, 5) is 24.1. The highest BCUT2D eigenvalue weighted by Gasteiger charge is 2.36. The molecule has 2 amide bonds. The first kappa shape index (κ1) is 26.4.